The van der Waals surface area contributed by atoms with Crippen LogP contribution < -0.4 is 0 Å². The molecular formula is C15H22ClNO2S. The maximum Gasteiger partial charge on any atom is 0.317 e. The third kappa shape index (κ3) is 5.73. The van der Waals surface area contributed by atoms with Crippen LogP contribution in [0.1, 0.15) is 25.7 Å². The number of hydrogen-bond donors (Lipinski definition) is 1. The monoisotopic (exact) mass is 315 g/mol. The summed E-state index contributed by atoms with van der Waals surface area (Å²) in [7, 11) is 0. The number of nitrogens with zero attached hydrogens (tertiary/aromatic N) is 1. The van der Waals surface area contributed by atoms with Gasteiger partial charge in [-0.05, 0) is 51.0 Å². The van der Waals surface area contributed by atoms with Crippen LogP contribution >= 0.6 is 24.2 Å². The molecule has 1 saturated heterocycles. The molecule has 0 aromatic heterocycles. The number of carbonyl (C=O) groups is 1. The molecule has 1 N–H and O–H groups in total. The van der Waals surface area contributed by atoms with Crippen molar-refractivity contribution in [3.63, 3.8) is 0 Å². The summed E-state index contributed by atoms with van der Waals surface area (Å²) in [5.41, 5.74) is 0. The highest BCUT2D eigenvalue weighted by Crippen LogP contribution is 2.26. The molecule has 2 rings (SSSR count). The number of piperidine rings is 1. The molecule has 0 amide bonds. The van der Waals surface area contributed by atoms with Crippen LogP contribution in [0, 0.1) is 0 Å². The van der Waals surface area contributed by atoms with Crippen LogP contribution in [-0.4, -0.2) is 40.9 Å². The Labute approximate surface area is 131 Å². The quantitative estimate of drug-likeness (QED) is 0.815. The molecule has 0 aliphatic carbocycles. The standard InChI is InChI=1S/C15H21NO2S.ClH/c17-15(18)14(19-13-7-3-1-4-8-13)9-12-16-10-5-2-6-11-16;/h1,3-4,7-8,14H,2,5-6,9-12H2,(H,17,18);1H. The molecule has 0 bridgehead atoms. The normalized spacial score (nSPS) is 17.2. The van der Waals surface area contributed by atoms with Crippen LogP contribution in [-0.2, 0) is 4.79 Å². The summed E-state index contributed by atoms with van der Waals surface area (Å²) < 4.78 is 0. The van der Waals surface area contributed by atoms with Gasteiger partial charge in [-0.25, -0.2) is 0 Å². The molecule has 1 unspecified atom stereocenters. The molecule has 112 valence electrons. The Kier molecular flexibility index (Phi) is 8.04. The molecule has 1 aliphatic rings. The summed E-state index contributed by atoms with van der Waals surface area (Å²) in [6.45, 7) is 3.15. The van der Waals surface area contributed by atoms with Crippen molar-refractivity contribution in [3.05, 3.63) is 30.3 Å². The highest BCUT2D eigenvalue weighted by molar-refractivity contribution is 8.00. The van der Waals surface area contributed by atoms with Crippen molar-refractivity contribution in [2.45, 2.75) is 35.8 Å². The zero-order chi connectivity index (χ0) is 13.5. The second-order valence-electron chi connectivity index (χ2n) is 4.95. The lowest BCUT2D eigenvalue weighted by Gasteiger charge is -2.27. The van der Waals surface area contributed by atoms with E-state index in [2.05, 4.69) is 4.90 Å². The van der Waals surface area contributed by atoms with Gasteiger partial charge in [0.05, 0.1) is 0 Å². The number of aliphatic carboxylic acids is 1. The third-order valence-corrected chi connectivity index (χ3v) is 4.72. The van der Waals surface area contributed by atoms with Gasteiger partial charge in [0.25, 0.3) is 0 Å². The summed E-state index contributed by atoms with van der Waals surface area (Å²) in [5.74, 6) is -0.703. The van der Waals surface area contributed by atoms with E-state index in [1.165, 1.54) is 31.0 Å². The first-order valence-corrected chi connectivity index (χ1v) is 7.80. The molecular weight excluding hydrogens is 294 g/mol. The Morgan fingerprint density at radius 3 is 2.45 bits per heavy atom. The summed E-state index contributed by atoms with van der Waals surface area (Å²) >= 11 is 1.46. The van der Waals surface area contributed by atoms with Crippen LogP contribution in [0.15, 0.2) is 35.2 Å². The average Bonchev–Trinajstić information content (AvgIpc) is 2.45. The maximum absolute atomic E-state index is 11.3. The first kappa shape index (κ1) is 17.3. The molecule has 1 aromatic rings. The van der Waals surface area contributed by atoms with Crippen molar-refractivity contribution in [3.8, 4) is 0 Å². The maximum atomic E-state index is 11.3. The van der Waals surface area contributed by atoms with Crippen molar-refractivity contribution >= 4 is 30.1 Å². The Bertz CT molecular complexity index is 396. The second kappa shape index (κ2) is 9.27. The first-order valence-electron chi connectivity index (χ1n) is 6.92. The van der Waals surface area contributed by atoms with Crippen molar-refractivity contribution in [1.82, 2.24) is 4.90 Å². The molecule has 0 saturated carbocycles. The highest BCUT2D eigenvalue weighted by atomic mass is 35.5. The number of thioether (sulfide) groups is 1. The van der Waals surface area contributed by atoms with Gasteiger partial charge < -0.3 is 10.0 Å². The van der Waals surface area contributed by atoms with E-state index in [1.807, 2.05) is 30.3 Å². The van der Waals surface area contributed by atoms with Gasteiger partial charge in [0, 0.05) is 4.90 Å². The van der Waals surface area contributed by atoms with E-state index in [-0.39, 0.29) is 17.7 Å². The fourth-order valence-electron chi connectivity index (χ4n) is 2.38. The van der Waals surface area contributed by atoms with Crippen molar-refractivity contribution in [2.24, 2.45) is 0 Å². The number of benzene rings is 1. The molecule has 1 atom stereocenters. The van der Waals surface area contributed by atoms with E-state index >= 15 is 0 Å². The average molecular weight is 316 g/mol. The van der Waals surface area contributed by atoms with Gasteiger partial charge in [-0.1, -0.05) is 24.6 Å². The molecule has 1 aliphatic heterocycles. The molecule has 3 nitrogen and oxygen atoms in total. The van der Waals surface area contributed by atoms with Crippen LogP contribution in [0.2, 0.25) is 0 Å². The number of rotatable bonds is 6. The third-order valence-electron chi connectivity index (χ3n) is 3.45. The smallest absolute Gasteiger partial charge is 0.317 e. The minimum Gasteiger partial charge on any atom is -0.480 e. The van der Waals surface area contributed by atoms with E-state index < -0.39 is 5.97 Å². The Balaban J connectivity index is 0.00000200. The summed E-state index contributed by atoms with van der Waals surface area (Å²) in [4.78, 5) is 14.8. The molecule has 0 spiro atoms. The SMILES string of the molecule is Cl.O=C(O)C(CCN1CCCCC1)Sc1ccccc1. The predicted octanol–water partition coefficient (Wildman–Crippen LogP) is 3.53. The fraction of sp³-hybridized carbons (Fsp3) is 0.533. The number of carboxylic acid groups (broad SMARTS) is 1. The van der Waals surface area contributed by atoms with Crippen LogP contribution in [0.4, 0.5) is 0 Å². The number of likely N-dealkylation sites (tertiary alicyclic amines) is 1. The summed E-state index contributed by atoms with van der Waals surface area (Å²) in [5, 5.41) is 8.98. The Morgan fingerprint density at radius 2 is 1.85 bits per heavy atom. The van der Waals surface area contributed by atoms with Crippen molar-refractivity contribution < 1.29 is 9.90 Å². The summed E-state index contributed by atoms with van der Waals surface area (Å²) in [6.07, 6.45) is 4.54. The topological polar surface area (TPSA) is 40.5 Å². The first-order chi connectivity index (χ1) is 9.25. The minimum absolute atomic E-state index is 0. The van der Waals surface area contributed by atoms with Gasteiger partial charge in [0.15, 0.2) is 0 Å². The Morgan fingerprint density at radius 1 is 1.20 bits per heavy atom. The lowest BCUT2D eigenvalue weighted by molar-refractivity contribution is -0.136. The molecule has 0 radical (unpaired) electrons. The number of hydrogen-bond acceptors (Lipinski definition) is 3. The van der Waals surface area contributed by atoms with Crippen molar-refractivity contribution in [2.75, 3.05) is 19.6 Å². The second-order valence-corrected chi connectivity index (χ2v) is 6.22. The highest BCUT2D eigenvalue weighted by Gasteiger charge is 2.20. The van der Waals surface area contributed by atoms with E-state index in [1.54, 1.807) is 0 Å². The molecule has 20 heavy (non-hydrogen) atoms. The van der Waals surface area contributed by atoms with Gasteiger partial charge in [0.1, 0.15) is 5.25 Å². The summed E-state index contributed by atoms with van der Waals surface area (Å²) in [6, 6.07) is 9.80. The van der Waals surface area contributed by atoms with Gasteiger partial charge >= 0.3 is 5.97 Å². The van der Waals surface area contributed by atoms with Crippen LogP contribution in [0.3, 0.4) is 0 Å². The van der Waals surface area contributed by atoms with E-state index in [0.29, 0.717) is 0 Å². The van der Waals surface area contributed by atoms with Gasteiger partial charge in [-0.2, -0.15) is 0 Å². The lowest BCUT2D eigenvalue weighted by Crippen LogP contribution is -2.33. The van der Waals surface area contributed by atoms with Gasteiger partial charge in [-0.3, -0.25) is 4.79 Å². The fourth-order valence-corrected chi connectivity index (χ4v) is 3.35. The van der Waals surface area contributed by atoms with Gasteiger partial charge in [-0.15, -0.1) is 24.2 Å². The predicted molar refractivity (Wildman–Crippen MR) is 85.9 cm³/mol. The Hall–Kier alpha value is -0.710. The zero-order valence-electron chi connectivity index (χ0n) is 11.5. The zero-order valence-corrected chi connectivity index (χ0v) is 13.2. The molecule has 1 aromatic carbocycles. The van der Waals surface area contributed by atoms with Crippen LogP contribution in [0.25, 0.3) is 0 Å². The largest absolute Gasteiger partial charge is 0.480 e. The molecule has 5 heteroatoms. The van der Waals surface area contributed by atoms with E-state index in [9.17, 15) is 9.90 Å². The molecule has 1 heterocycles. The molecule has 1 fully saturated rings. The van der Waals surface area contributed by atoms with E-state index in [0.717, 1.165) is 31.0 Å². The lowest BCUT2D eigenvalue weighted by atomic mass is 10.1. The number of carboxylic acids is 1. The van der Waals surface area contributed by atoms with Crippen LogP contribution in [0.5, 0.6) is 0 Å². The van der Waals surface area contributed by atoms with E-state index in [4.69, 9.17) is 0 Å². The minimum atomic E-state index is -0.703. The van der Waals surface area contributed by atoms with Crippen molar-refractivity contribution in [1.29, 1.82) is 0 Å². The number of halogens is 1. The van der Waals surface area contributed by atoms with Gasteiger partial charge in [0.2, 0.25) is 0 Å².